The third kappa shape index (κ3) is 3.70. The van der Waals surface area contributed by atoms with E-state index < -0.39 is 43.4 Å². The first-order chi connectivity index (χ1) is 13.9. The summed E-state index contributed by atoms with van der Waals surface area (Å²) in [7, 11) is 0. The second-order valence-corrected chi connectivity index (χ2v) is 7.15. The molecule has 4 rings (SSSR count). The lowest BCUT2D eigenvalue weighted by atomic mass is 9.94. The molecule has 2 aromatic carbocycles. The van der Waals surface area contributed by atoms with Gasteiger partial charge in [-0.15, -0.1) is 0 Å². The predicted molar refractivity (Wildman–Crippen MR) is 97.7 cm³/mol. The van der Waals surface area contributed by atoms with Crippen molar-refractivity contribution in [2.24, 2.45) is 0 Å². The molecular formula is C20H22O9. The van der Waals surface area contributed by atoms with Gasteiger partial charge in [-0.05, 0) is 17.7 Å². The molecule has 2 aromatic rings. The lowest BCUT2D eigenvalue weighted by Crippen LogP contribution is -2.35. The molecule has 9 nitrogen and oxygen atoms in total. The van der Waals surface area contributed by atoms with E-state index in [1.807, 2.05) is 0 Å². The highest BCUT2D eigenvalue weighted by Crippen LogP contribution is 2.42. The van der Waals surface area contributed by atoms with Crippen LogP contribution in [0.15, 0.2) is 36.4 Å². The van der Waals surface area contributed by atoms with Crippen LogP contribution in [0.4, 0.5) is 0 Å². The summed E-state index contributed by atoms with van der Waals surface area (Å²) >= 11 is 0. The highest BCUT2D eigenvalue weighted by molar-refractivity contribution is 5.52. The Morgan fingerprint density at radius 1 is 1.00 bits per heavy atom. The normalized spacial score (nSPS) is 31.2. The molecule has 0 aliphatic carbocycles. The van der Waals surface area contributed by atoms with Gasteiger partial charge in [0, 0.05) is 24.1 Å². The lowest BCUT2D eigenvalue weighted by Gasteiger charge is -2.31. The second-order valence-electron chi connectivity index (χ2n) is 7.15. The Bertz CT molecular complexity index is 869. The Balaban J connectivity index is 1.57. The van der Waals surface area contributed by atoms with E-state index in [0.717, 1.165) is 0 Å². The number of hydrogen-bond acceptors (Lipinski definition) is 9. The van der Waals surface area contributed by atoms with Crippen LogP contribution in [0.25, 0.3) is 0 Å². The molecule has 156 valence electrons. The number of aliphatic hydroxyl groups excluding tert-OH is 4. The van der Waals surface area contributed by atoms with E-state index in [1.165, 1.54) is 24.3 Å². The first-order valence-electron chi connectivity index (χ1n) is 9.16. The van der Waals surface area contributed by atoms with Crippen LogP contribution in [0, 0.1) is 0 Å². The summed E-state index contributed by atoms with van der Waals surface area (Å²) in [6.45, 7) is -0.483. The minimum Gasteiger partial charge on any atom is -0.508 e. The first-order valence-corrected chi connectivity index (χ1v) is 9.16. The summed E-state index contributed by atoms with van der Waals surface area (Å²) < 4.78 is 16.7. The highest BCUT2D eigenvalue weighted by Gasteiger charge is 2.44. The summed E-state index contributed by atoms with van der Waals surface area (Å²) in [4.78, 5) is 0. The quantitative estimate of drug-likeness (QED) is 0.411. The molecular weight excluding hydrogens is 384 g/mol. The third-order valence-electron chi connectivity index (χ3n) is 5.15. The van der Waals surface area contributed by atoms with Gasteiger partial charge in [0.15, 0.2) is 0 Å². The number of rotatable bonds is 4. The Kier molecular flexibility index (Phi) is 5.24. The Morgan fingerprint density at radius 2 is 1.72 bits per heavy atom. The van der Waals surface area contributed by atoms with Crippen molar-refractivity contribution in [3.8, 4) is 23.0 Å². The molecule has 2 heterocycles. The van der Waals surface area contributed by atoms with Gasteiger partial charge in [0.25, 0.3) is 0 Å². The van der Waals surface area contributed by atoms with Crippen molar-refractivity contribution in [2.45, 2.75) is 43.2 Å². The average molecular weight is 406 g/mol. The van der Waals surface area contributed by atoms with Crippen molar-refractivity contribution < 1.29 is 44.8 Å². The zero-order valence-corrected chi connectivity index (χ0v) is 15.3. The maximum absolute atomic E-state index is 10.4. The topological polar surface area (TPSA) is 149 Å². The van der Waals surface area contributed by atoms with E-state index >= 15 is 0 Å². The molecule has 1 fully saturated rings. The standard InChI is InChI=1S/C20H22O9/c21-8-16-17(25)18(26)20(29-16)27-11-5-13(23)12-7-14(24)19(28-15(12)6-11)9-1-3-10(22)4-2-9/h1-6,14,16-26H,7-8H2/t14-,16-,17+,18+,19+,20+/m0/s1. The minimum absolute atomic E-state index is 0.0891. The molecule has 0 aromatic heterocycles. The molecule has 6 N–H and O–H groups in total. The van der Waals surface area contributed by atoms with Gasteiger partial charge in [0.05, 0.1) is 12.7 Å². The zero-order chi connectivity index (χ0) is 20.7. The van der Waals surface area contributed by atoms with Crippen LogP contribution in [-0.2, 0) is 11.2 Å². The SMILES string of the molecule is OC[C@@H]1O[C@@H](Oc2cc(O)c3c(c2)O[C@H](c2ccc(O)cc2)[C@@H](O)C3)[C@H](O)[C@@H]1O. The monoisotopic (exact) mass is 406 g/mol. The smallest absolute Gasteiger partial charge is 0.229 e. The fourth-order valence-corrected chi connectivity index (χ4v) is 3.57. The Morgan fingerprint density at radius 3 is 2.38 bits per heavy atom. The highest BCUT2D eigenvalue weighted by atomic mass is 16.7. The van der Waals surface area contributed by atoms with Crippen LogP contribution in [0.3, 0.4) is 0 Å². The third-order valence-corrected chi connectivity index (χ3v) is 5.15. The maximum atomic E-state index is 10.4. The van der Waals surface area contributed by atoms with Crippen LogP contribution < -0.4 is 9.47 Å². The van der Waals surface area contributed by atoms with Gasteiger partial charge in [0.1, 0.15) is 47.4 Å². The van der Waals surface area contributed by atoms with Crippen molar-refractivity contribution in [1.82, 2.24) is 0 Å². The van der Waals surface area contributed by atoms with E-state index in [4.69, 9.17) is 19.3 Å². The summed E-state index contributed by atoms with van der Waals surface area (Å²) in [5.74, 6) is 0.339. The molecule has 0 bridgehead atoms. The van der Waals surface area contributed by atoms with Gasteiger partial charge in [0.2, 0.25) is 6.29 Å². The summed E-state index contributed by atoms with van der Waals surface area (Å²) in [5, 5.41) is 59.2. The van der Waals surface area contributed by atoms with E-state index in [2.05, 4.69) is 0 Å². The van der Waals surface area contributed by atoms with Crippen LogP contribution in [-0.4, -0.2) is 68.0 Å². The molecule has 0 radical (unpaired) electrons. The average Bonchev–Trinajstić information content (AvgIpc) is 2.97. The van der Waals surface area contributed by atoms with Crippen molar-refractivity contribution in [2.75, 3.05) is 6.61 Å². The summed E-state index contributed by atoms with van der Waals surface area (Å²) in [5.41, 5.74) is 1.05. The van der Waals surface area contributed by atoms with Gasteiger partial charge >= 0.3 is 0 Å². The molecule has 1 saturated heterocycles. The molecule has 2 aliphatic heterocycles. The zero-order valence-electron chi connectivity index (χ0n) is 15.3. The number of aromatic hydroxyl groups is 2. The molecule has 0 spiro atoms. The van der Waals surface area contributed by atoms with E-state index in [-0.39, 0.29) is 29.4 Å². The Labute approximate surface area is 166 Å². The van der Waals surface area contributed by atoms with Gasteiger partial charge < -0.3 is 44.8 Å². The predicted octanol–water partition coefficient (Wildman–Crippen LogP) is -0.0473. The molecule has 9 heteroatoms. The van der Waals surface area contributed by atoms with E-state index in [1.54, 1.807) is 12.1 Å². The van der Waals surface area contributed by atoms with Gasteiger partial charge in [-0.25, -0.2) is 0 Å². The molecule has 0 unspecified atom stereocenters. The molecule has 0 amide bonds. The minimum atomic E-state index is -1.38. The molecule has 2 aliphatic rings. The number of ether oxygens (including phenoxy) is 3. The second kappa shape index (κ2) is 7.69. The number of aliphatic hydroxyl groups is 4. The number of benzene rings is 2. The Hall–Kier alpha value is -2.56. The molecule has 29 heavy (non-hydrogen) atoms. The number of phenolic OH excluding ortho intramolecular Hbond substituents is 2. The van der Waals surface area contributed by atoms with Crippen molar-refractivity contribution in [3.63, 3.8) is 0 Å². The van der Waals surface area contributed by atoms with Gasteiger partial charge in [-0.1, -0.05) is 12.1 Å². The fraction of sp³-hybridized carbons (Fsp3) is 0.400. The first kappa shape index (κ1) is 19.7. The largest absolute Gasteiger partial charge is 0.508 e. The number of phenols is 2. The van der Waals surface area contributed by atoms with Crippen molar-refractivity contribution in [1.29, 1.82) is 0 Å². The summed E-state index contributed by atoms with van der Waals surface area (Å²) in [6, 6.07) is 9.02. The van der Waals surface area contributed by atoms with Crippen LogP contribution >= 0.6 is 0 Å². The number of fused-ring (bicyclic) bond motifs is 1. The molecule has 6 atom stereocenters. The van der Waals surface area contributed by atoms with Crippen LogP contribution in [0.5, 0.6) is 23.0 Å². The van der Waals surface area contributed by atoms with E-state index in [9.17, 15) is 25.5 Å². The number of hydrogen-bond donors (Lipinski definition) is 6. The lowest BCUT2D eigenvalue weighted by molar-refractivity contribution is -0.116. The van der Waals surface area contributed by atoms with Crippen LogP contribution in [0.1, 0.15) is 17.2 Å². The van der Waals surface area contributed by atoms with Crippen LogP contribution in [0.2, 0.25) is 0 Å². The van der Waals surface area contributed by atoms with Crippen molar-refractivity contribution >= 4 is 0 Å². The van der Waals surface area contributed by atoms with Gasteiger partial charge in [-0.3, -0.25) is 0 Å². The summed E-state index contributed by atoms with van der Waals surface area (Å²) in [6.07, 6.45) is -6.38. The maximum Gasteiger partial charge on any atom is 0.229 e. The van der Waals surface area contributed by atoms with Gasteiger partial charge in [-0.2, -0.15) is 0 Å². The van der Waals surface area contributed by atoms with Crippen molar-refractivity contribution in [3.05, 3.63) is 47.5 Å². The fourth-order valence-electron chi connectivity index (χ4n) is 3.57. The van der Waals surface area contributed by atoms with E-state index in [0.29, 0.717) is 11.1 Å². The molecule has 0 saturated carbocycles.